The van der Waals surface area contributed by atoms with Gasteiger partial charge >= 0.3 is 0 Å². The summed E-state index contributed by atoms with van der Waals surface area (Å²) < 4.78 is 6.96. The molecule has 0 bridgehead atoms. The highest BCUT2D eigenvalue weighted by atomic mass is 16.5. The van der Waals surface area contributed by atoms with Gasteiger partial charge in [-0.05, 0) is 31.0 Å². The van der Waals surface area contributed by atoms with Gasteiger partial charge in [-0.25, -0.2) is 4.98 Å². The summed E-state index contributed by atoms with van der Waals surface area (Å²) in [5.41, 5.74) is 1.69. The molecule has 138 valence electrons. The van der Waals surface area contributed by atoms with Crippen LogP contribution in [0.15, 0.2) is 48.7 Å². The van der Waals surface area contributed by atoms with E-state index in [0.29, 0.717) is 17.8 Å². The van der Waals surface area contributed by atoms with Crippen LogP contribution in [0.5, 0.6) is 5.75 Å². The molecule has 2 aromatic heterocycles. The summed E-state index contributed by atoms with van der Waals surface area (Å²) in [6.45, 7) is 0.304. The quantitative estimate of drug-likeness (QED) is 0.702. The summed E-state index contributed by atoms with van der Waals surface area (Å²) in [6.07, 6.45) is 3.71. The molecule has 0 atom stereocenters. The molecule has 1 aromatic carbocycles. The van der Waals surface area contributed by atoms with E-state index >= 15 is 0 Å². The van der Waals surface area contributed by atoms with Gasteiger partial charge in [0.25, 0.3) is 11.8 Å². The molecule has 0 radical (unpaired) electrons. The molecule has 7 nitrogen and oxygen atoms in total. The number of pyridine rings is 1. The molecule has 2 N–H and O–H groups in total. The van der Waals surface area contributed by atoms with E-state index in [9.17, 15) is 9.59 Å². The van der Waals surface area contributed by atoms with Crippen LogP contribution in [-0.2, 0) is 6.54 Å². The van der Waals surface area contributed by atoms with Crippen LogP contribution in [0.1, 0.15) is 39.5 Å². The third-order valence-corrected chi connectivity index (χ3v) is 4.51. The summed E-state index contributed by atoms with van der Waals surface area (Å²) in [7, 11) is 1.59. The molecule has 0 spiro atoms. The zero-order chi connectivity index (χ0) is 18.8. The Labute approximate surface area is 156 Å². The van der Waals surface area contributed by atoms with Crippen molar-refractivity contribution in [3.63, 3.8) is 0 Å². The average Bonchev–Trinajstić information content (AvgIpc) is 3.42. The molecule has 1 fully saturated rings. The van der Waals surface area contributed by atoms with E-state index in [1.54, 1.807) is 29.8 Å². The molecule has 2 amide bonds. The molecular weight excluding hydrogens is 344 g/mol. The molecule has 1 saturated carbocycles. The van der Waals surface area contributed by atoms with Crippen molar-refractivity contribution in [3.8, 4) is 5.75 Å². The molecule has 0 unspecified atom stereocenters. The third kappa shape index (κ3) is 3.48. The fourth-order valence-corrected chi connectivity index (χ4v) is 2.95. The maximum absolute atomic E-state index is 12.7. The van der Waals surface area contributed by atoms with Crippen LogP contribution >= 0.6 is 0 Å². The number of ether oxygens (including phenoxy) is 1. The Bertz CT molecular complexity index is 1010. The van der Waals surface area contributed by atoms with Crippen molar-refractivity contribution in [1.82, 2.24) is 20.0 Å². The molecule has 0 aliphatic heterocycles. The van der Waals surface area contributed by atoms with Crippen molar-refractivity contribution in [2.45, 2.75) is 25.4 Å². The Hall–Kier alpha value is -3.35. The van der Waals surface area contributed by atoms with Crippen LogP contribution in [0.3, 0.4) is 0 Å². The predicted molar refractivity (Wildman–Crippen MR) is 99.8 cm³/mol. The highest BCUT2D eigenvalue weighted by molar-refractivity contribution is 6.02. The van der Waals surface area contributed by atoms with Gasteiger partial charge in [0, 0.05) is 24.3 Å². The Balaban J connectivity index is 1.59. The number of benzene rings is 1. The minimum atomic E-state index is -0.338. The fraction of sp³-hybridized carbons (Fsp3) is 0.250. The van der Waals surface area contributed by atoms with E-state index in [2.05, 4.69) is 15.6 Å². The minimum Gasteiger partial charge on any atom is -0.496 e. The summed E-state index contributed by atoms with van der Waals surface area (Å²) in [6, 6.07) is 13.1. The molecule has 4 rings (SSSR count). The zero-order valence-corrected chi connectivity index (χ0v) is 14.9. The number of amides is 2. The molecule has 2 heterocycles. The van der Waals surface area contributed by atoms with Crippen LogP contribution in [0, 0.1) is 0 Å². The van der Waals surface area contributed by atoms with Crippen molar-refractivity contribution in [2.75, 3.05) is 7.11 Å². The van der Waals surface area contributed by atoms with Crippen molar-refractivity contribution in [3.05, 3.63) is 65.7 Å². The van der Waals surface area contributed by atoms with Crippen LogP contribution < -0.4 is 15.4 Å². The number of carbonyl (C=O) groups is 2. The number of aromatic nitrogens is 2. The first kappa shape index (κ1) is 17.1. The van der Waals surface area contributed by atoms with E-state index in [4.69, 9.17) is 4.74 Å². The van der Waals surface area contributed by atoms with Gasteiger partial charge in [-0.3, -0.25) is 14.0 Å². The zero-order valence-electron chi connectivity index (χ0n) is 14.9. The summed E-state index contributed by atoms with van der Waals surface area (Å²) >= 11 is 0. The lowest BCUT2D eigenvalue weighted by atomic mass is 10.2. The lowest BCUT2D eigenvalue weighted by Crippen LogP contribution is -2.27. The van der Waals surface area contributed by atoms with E-state index < -0.39 is 0 Å². The predicted octanol–water partition coefficient (Wildman–Crippen LogP) is 2.17. The molecule has 27 heavy (non-hydrogen) atoms. The maximum atomic E-state index is 12.7. The van der Waals surface area contributed by atoms with Crippen LogP contribution in [0.2, 0.25) is 0 Å². The van der Waals surface area contributed by atoms with E-state index in [1.807, 2.05) is 30.3 Å². The van der Waals surface area contributed by atoms with Crippen molar-refractivity contribution in [1.29, 1.82) is 0 Å². The number of imidazole rings is 1. The number of nitrogens with zero attached hydrogens (tertiary/aromatic N) is 2. The second kappa shape index (κ2) is 7.11. The molecule has 0 saturated heterocycles. The largest absolute Gasteiger partial charge is 0.496 e. The van der Waals surface area contributed by atoms with Gasteiger partial charge < -0.3 is 15.4 Å². The minimum absolute atomic E-state index is 0.219. The molecule has 1 aliphatic rings. The highest BCUT2D eigenvalue weighted by Gasteiger charge is 2.27. The first-order chi connectivity index (χ1) is 13.2. The Morgan fingerprint density at radius 2 is 1.93 bits per heavy atom. The smallest absolute Gasteiger partial charge is 0.287 e. The molecule has 7 heteroatoms. The number of fused-ring (bicyclic) bond motifs is 1. The fourth-order valence-electron chi connectivity index (χ4n) is 2.95. The van der Waals surface area contributed by atoms with Gasteiger partial charge in [0.15, 0.2) is 5.69 Å². The van der Waals surface area contributed by atoms with Gasteiger partial charge in [0.1, 0.15) is 5.75 Å². The van der Waals surface area contributed by atoms with Gasteiger partial charge in [-0.2, -0.15) is 0 Å². The average molecular weight is 364 g/mol. The van der Waals surface area contributed by atoms with Gasteiger partial charge in [0.2, 0.25) is 5.82 Å². The normalized spacial score (nSPS) is 13.4. The molecule has 3 aromatic rings. The van der Waals surface area contributed by atoms with E-state index in [-0.39, 0.29) is 29.4 Å². The SMILES string of the molecule is COc1ccccc1CNC(=O)c1nc(C(=O)NC2CC2)n2ccccc12. The number of carbonyl (C=O) groups excluding carboxylic acids is 2. The first-order valence-corrected chi connectivity index (χ1v) is 8.85. The van der Waals surface area contributed by atoms with Crippen molar-refractivity contribution < 1.29 is 14.3 Å². The van der Waals surface area contributed by atoms with Crippen molar-refractivity contribution >= 4 is 17.3 Å². The van der Waals surface area contributed by atoms with Crippen LogP contribution in [0.4, 0.5) is 0 Å². The number of hydrogen-bond donors (Lipinski definition) is 2. The topological polar surface area (TPSA) is 84.7 Å². The first-order valence-electron chi connectivity index (χ1n) is 8.85. The third-order valence-electron chi connectivity index (χ3n) is 4.51. The van der Waals surface area contributed by atoms with Gasteiger partial charge in [-0.15, -0.1) is 0 Å². The van der Waals surface area contributed by atoms with E-state index in [1.165, 1.54) is 0 Å². The summed E-state index contributed by atoms with van der Waals surface area (Å²) in [5, 5.41) is 5.78. The number of nitrogens with one attached hydrogen (secondary N) is 2. The Morgan fingerprint density at radius 3 is 2.70 bits per heavy atom. The molecule has 1 aliphatic carbocycles. The molecular formula is C20H20N4O3. The Kier molecular flexibility index (Phi) is 4.50. The number of para-hydroxylation sites is 1. The number of hydrogen-bond acceptors (Lipinski definition) is 4. The standard InChI is InChI=1S/C20H20N4O3/c1-27-16-8-3-2-6-13(16)12-21-19(25)17-15-7-4-5-11-24(15)18(23-17)20(26)22-14-9-10-14/h2-8,11,14H,9-10,12H2,1H3,(H,21,25)(H,22,26). The van der Waals surface area contributed by atoms with Gasteiger partial charge in [-0.1, -0.05) is 24.3 Å². The monoisotopic (exact) mass is 364 g/mol. The second-order valence-corrected chi connectivity index (χ2v) is 6.48. The summed E-state index contributed by atoms with van der Waals surface area (Å²) in [5.74, 6) is 0.328. The number of rotatable bonds is 6. The highest BCUT2D eigenvalue weighted by Crippen LogP contribution is 2.21. The van der Waals surface area contributed by atoms with Crippen LogP contribution in [0.25, 0.3) is 5.52 Å². The Morgan fingerprint density at radius 1 is 1.15 bits per heavy atom. The van der Waals surface area contributed by atoms with Crippen molar-refractivity contribution in [2.24, 2.45) is 0 Å². The van der Waals surface area contributed by atoms with Crippen LogP contribution in [-0.4, -0.2) is 34.4 Å². The van der Waals surface area contributed by atoms with Gasteiger partial charge in [0.05, 0.1) is 12.6 Å². The number of methoxy groups -OCH3 is 1. The summed E-state index contributed by atoms with van der Waals surface area (Å²) in [4.78, 5) is 29.5. The lowest BCUT2D eigenvalue weighted by Gasteiger charge is -2.08. The maximum Gasteiger partial charge on any atom is 0.287 e. The second-order valence-electron chi connectivity index (χ2n) is 6.48. The lowest BCUT2D eigenvalue weighted by molar-refractivity contribution is 0.0940. The van der Waals surface area contributed by atoms with E-state index in [0.717, 1.165) is 18.4 Å².